The van der Waals surface area contributed by atoms with Gasteiger partial charge in [-0.3, -0.25) is 9.78 Å². The molecule has 1 aliphatic carbocycles. The Balaban J connectivity index is 1.49. The van der Waals surface area contributed by atoms with Gasteiger partial charge in [0.15, 0.2) is 0 Å². The molecule has 0 aromatic carbocycles. The number of fused-ring (bicyclic) bond motifs is 1. The van der Waals surface area contributed by atoms with Crippen molar-refractivity contribution < 1.29 is 22.7 Å². The van der Waals surface area contributed by atoms with E-state index in [0.29, 0.717) is 42.8 Å². The first-order valence-corrected chi connectivity index (χ1v) is 11.3. The lowest BCUT2D eigenvalue weighted by molar-refractivity contribution is -0.145. The van der Waals surface area contributed by atoms with Gasteiger partial charge in [-0.15, -0.1) is 0 Å². The number of carbonyl (C=O) groups is 1. The fourth-order valence-corrected chi connectivity index (χ4v) is 5.43. The fourth-order valence-electron chi connectivity index (χ4n) is 5.43. The molecule has 0 spiro atoms. The summed E-state index contributed by atoms with van der Waals surface area (Å²) in [4.78, 5) is 19.5. The number of carbonyl (C=O) groups excluding carboxylic acids is 1. The van der Waals surface area contributed by atoms with Crippen LogP contribution in [0.25, 0.3) is 0 Å². The zero-order chi connectivity index (χ0) is 22.4. The highest BCUT2D eigenvalue weighted by atomic mass is 19.4. The van der Waals surface area contributed by atoms with Crippen molar-refractivity contribution in [3.8, 4) is 0 Å². The monoisotopic (exact) mass is 439 g/mol. The summed E-state index contributed by atoms with van der Waals surface area (Å²) in [6, 6.07) is 1.73. The Morgan fingerprint density at radius 1 is 1.35 bits per heavy atom. The van der Waals surface area contributed by atoms with Gasteiger partial charge in [-0.2, -0.15) is 13.2 Å². The van der Waals surface area contributed by atoms with Crippen LogP contribution in [-0.4, -0.2) is 47.6 Å². The van der Waals surface area contributed by atoms with Crippen LogP contribution in [0.2, 0.25) is 0 Å². The first-order chi connectivity index (χ1) is 14.6. The summed E-state index contributed by atoms with van der Waals surface area (Å²) in [5.41, 5.74) is -0.0562. The van der Waals surface area contributed by atoms with Crippen molar-refractivity contribution in [1.82, 2.24) is 15.2 Å². The van der Waals surface area contributed by atoms with Gasteiger partial charge in [0.1, 0.15) is 0 Å². The molecule has 2 aliphatic heterocycles. The van der Waals surface area contributed by atoms with Crippen molar-refractivity contribution >= 4 is 5.91 Å². The third-order valence-electron chi connectivity index (χ3n) is 7.55. The van der Waals surface area contributed by atoms with E-state index in [1.165, 1.54) is 0 Å². The van der Waals surface area contributed by atoms with Crippen LogP contribution in [0.4, 0.5) is 13.2 Å². The largest absolute Gasteiger partial charge is 0.417 e. The van der Waals surface area contributed by atoms with Gasteiger partial charge < -0.3 is 15.0 Å². The number of aromatic nitrogens is 1. The van der Waals surface area contributed by atoms with E-state index >= 15 is 0 Å². The van der Waals surface area contributed by atoms with Crippen LogP contribution in [0.5, 0.6) is 0 Å². The molecule has 0 bridgehead atoms. The molecule has 1 N–H and O–H groups in total. The molecule has 5 nitrogen and oxygen atoms in total. The molecular formula is C23H32F3N3O2. The molecule has 31 heavy (non-hydrogen) atoms. The molecule has 0 radical (unpaired) electrons. The molecule has 1 aromatic heterocycles. The van der Waals surface area contributed by atoms with Gasteiger partial charge in [-0.05, 0) is 42.7 Å². The van der Waals surface area contributed by atoms with Crippen molar-refractivity contribution in [1.29, 1.82) is 0 Å². The Kier molecular flexibility index (Phi) is 6.07. The minimum absolute atomic E-state index is 0.0746. The summed E-state index contributed by atoms with van der Waals surface area (Å²) in [5.74, 6) is 0.689. The minimum atomic E-state index is -4.43. The second-order valence-electron chi connectivity index (χ2n) is 9.84. The molecular weight excluding hydrogens is 407 g/mol. The predicted octanol–water partition coefficient (Wildman–Crippen LogP) is 3.80. The molecule has 172 valence electrons. The van der Waals surface area contributed by atoms with Crippen molar-refractivity contribution in [2.45, 2.75) is 71.3 Å². The lowest BCUT2D eigenvalue weighted by atomic mass is 9.74. The van der Waals surface area contributed by atoms with E-state index in [2.05, 4.69) is 31.1 Å². The molecule has 1 saturated carbocycles. The van der Waals surface area contributed by atoms with Crippen LogP contribution >= 0.6 is 0 Å². The average Bonchev–Trinajstić information content (AvgIpc) is 3.33. The molecule has 4 atom stereocenters. The van der Waals surface area contributed by atoms with E-state index < -0.39 is 17.2 Å². The quantitative estimate of drug-likeness (QED) is 0.775. The smallest absolute Gasteiger partial charge is 0.379 e. The second-order valence-corrected chi connectivity index (χ2v) is 9.84. The Morgan fingerprint density at radius 2 is 2.13 bits per heavy atom. The summed E-state index contributed by atoms with van der Waals surface area (Å²) in [7, 11) is 0. The number of nitrogens with one attached hydrogen (secondary N) is 1. The highest BCUT2D eigenvalue weighted by Crippen LogP contribution is 2.47. The first-order valence-electron chi connectivity index (χ1n) is 11.3. The number of hydrogen-bond acceptors (Lipinski definition) is 4. The molecule has 4 unspecified atom stereocenters. The van der Waals surface area contributed by atoms with Gasteiger partial charge in [0.25, 0.3) is 0 Å². The van der Waals surface area contributed by atoms with Gasteiger partial charge in [0, 0.05) is 43.5 Å². The van der Waals surface area contributed by atoms with E-state index in [-0.39, 0.29) is 24.4 Å². The maximum Gasteiger partial charge on any atom is 0.417 e. The predicted molar refractivity (Wildman–Crippen MR) is 110 cm³/mol. The number of ether oxygens (including phenoxy) is 1. The maximum absolute atomic E-state index is 13.7. The first kappa shape index (κ1) is 22.5. The lowest BCUT2D eigenvalue weighted by Crippen LogP contribution is -2.49. The number of halogens is 3. The van der Waals surface area contributed by atoms with Crippen molar-refractivity contribution in [2.24, 2.45) is 17.3 Å². The minimum Gasteiger partial charge on any atom is -0.379 e. The average molecular weight is 440 g/mol. The SMILES string of the molecule is CC1COCC1NC1CCC(C(=O)N2CCc3ncc(C(F)(F)F)cc3C2)(C(C)C)C1. The van der Waals surface area contributed by atoms with E-state index in [4.69, 9.17) is 4.74 Å². The Morgan fingerprint density at radius 3 is 2.77 bits per heavy atom. The highest BCUT2D eigenvalue weighted by molar-refractivity contribution is 5.83. The van der Waals surface area contributed by atoms with Crippen LogP contribution in [0.3, 0.4) is 0 Å². The maximum atomic E-state index is 13.7. The summed E-state index contributed by atoms with van der Waals surface area (Å²) >= 11 is 0. The number of hydrogen-bond donors (Lipinski definition) is 1. The number of rotatable bonds is 4. The Bertz CT molecular complexity index is 829. The van der Waals surface area contributed by atoms with E-state index in [1.807, 2.05) is 0 Å². The van der Waals surface area contributed by atoms with Crippen LogP contribution < -0.4 is 5.32 Å². The van der Waals surface area contributed by atoms with Gasteiger partial charge in [0.05, 0.1) is 24.2 Å². The van der Waals surface area contributed by atoms with Gasteiger partial charge >= 0.3 is 6.18 Å². The summed E-state index contributed by atoms with van der Waals surface area (Å²) < 4.78 is 44.9. The zero-order valence-corrected chi connectivity index (χ0v) is 18.5. The zero-order valence-electron chi connectivity index (χ0n) is 18.5. The van der Waals surface area contributed by atoms with Gasteiger partial charge in [0.2, 0.25) is 5.91 Å². The summed E-state index contributed by atoms with van der Waals surface area (Å²) in [6.07, 6.45) is -0.556. The van der Waals surface area contributed by atoms with Crippen LogP contribution in [0, 0.1) is 17.3 Å². The third-order valence-corrected chi connectivity index (χ3v) is 7.55. The third kappa shape index (κ3) is 4.33. The number of amides is 1. The van der Waals surface area contributed by atoms with Crippen molar-refractivity contribution in [2.75, 3.05) is 19.8 Å². The normalized spacial score (nSPS) is 31.3. The number of nitrogens with zero attached hydrogens (tertiary/aromatic N) is 2. The van der Waals surface area contributed by atoms with Gasteiger partial charge in [-0.1, -0.05) is 20.8 Å². The van der Waals surface area contributed by atoms with E-state index in [1.54, 1.807) is 4.90 Å². The molecule has 2 fully saturated rings. The molecule has 1 amide bonds. The topological polar surface area (TPSA) is 54.5 Å². The summed E-state index contributed by atoms with van der Waals surface area (Å²) in [5, 5.41) is 3.70. The number of alkyl halides is 3. The van der Waals surface area contributed by atoms with E-state index in [0.717, 1.165) is 38.1 Å². The highest BCUT2D eigenvalue weighted by Gasteiger charge is 2.50. The molecule has 1 aromatic rings. The molecule has 3 heterocycles. The number of pyridine rings is 1. The van der Waals surface area contributed by atoms with Crippen LogP contribution in [-0.2, 0) is 28.7 Å². The Labute approximate surface area is 181 Å². The standard InChI is InChI=1S/C23H32F3N3O2/c1-14(2)22(6-4-18(9-22)28-20-13-31-12-15(20)3)21(30)29-7-5-19-16(11-29)8-17(10-27-19)23(24,25)26/h8,10,14-15,18,20,28H,4-7,9,11-13H2,1-3H3. The Hall–Kier alpha value is -1.67. The summed E-state index contributed by atoms with van der Waals surface area (Å²) in [6.45, 7) is 8.52. The van der Waals surface area contributed by atoms with Crippen LogP contribution in [0.1, 0.15) is 56.9 Å². The van der Waals surface area contributed by atoms with Gasteiger partial charge in [-0.25, -0.2) is 0 Å². The van der Waals surface area contributed by atoms with Crippen molar-refractivity contribution in [3.63, 3.8) is 0 Å². The van der Waals surface area contributed by atoms with Crippen molar-refractivity contribution in [3.05, 3.63) is 29.1 Å². The molecule has 1 saturated heterocycles. The fraction of sp³-hybridized carbons (Fsp3) is 0.739. The van der Waals surface area contributed by atoms with Crippen LogP contribution in [0.15, 0.2) is 12.3 Å². The second kappa shape index (κ2) is 8.35. The molecule has 8 heteroatoms. The molecule has 3 aliphatic rings. The lowest BCUT2D eigenvalue weighted by Gasteiger charge is -2.39. The molecule has 4 rings (SSSR count). The van der Waals surface area contributed by atoms with E-state index in [9.17, 15) is 18.0 Å².